The van der Waals surface area contributed by atoms with Crippen molar-refractivity contribution in [1.82, 2.24) is 4.90 Å². The van der Waals surface area contributed by atoms with Gasteiger partial charge in [0, 0.05) is 18.3 Å². The summed E-state index contributed by atoms with van der Waals surface area (Å²) in [4.78, 5) is 2.64. The highest BCUT2D eigenvalue weighted by Crippen LogP contribution is 2.27. The maximum Gasteiger partial charge on any atom is 0.0377 e. The lowest BCUT2D eigenvalue weighted by atomic mass is 9.90. The minimum Gasteiger partial charge on any atom is -0.382 e. The fraction of sp³-hybridized carbons (Fsp3) is 0.684. The molecule has 2 rings (SSSR count). The molecule has 0 radical (unpaired) electrons. The molecule has 1 aromatic carbocycles. The monoisotopic (exact) mass is 288 g/mol. The minimum absolute atomic E-state index is 0.546. The first-order chi connectivity index (χ1) is 10.1. The molecule has 1 heterocycles. The van der Waals surface area contributed by atoms with E-state index in [1.54, 1.807) is 0 Å². The van der Waals surface area contributed by atoms with Gasteiger partial charge in [-0.2, -0.15) is 0 Å². The second-order valence-electron chi connectivity index (χ2n) is 6.88. The normalized spacial score (nSPS) is 21.5. The van der Waals surface area contributed by atoms with Crippen molar-refractivity contribution in [2.45, 2.75) is 58.9 Å². The quantitative estimate of drug-likeness (QED) is 0.814. The Morgan fingerprint density at radius 1 is 1.24 bits per heavy atom. The molecule has 2 heteroatoms. The van der Waals surface area contributed by atoms with Gasteiger partial charge in [0.05, 0.1) is 0 Å². The van der Waals surface area contributed by atoms with E-state index in [2.05, 4.69) is 62.2 Å². The standard InChI is InChI=1S/C19H32N2/c1-5-12-21-13-8-9-17(14-21)16(4)20-19-11-7-6-10-18(19)15(2)3/h6-7,10-11,15-17,20H,5,8-9,12-14H2,1-4H3. The average Bonchev–Trinajstić information content (AvgIpc) is 2.48. The molecule has 1 saturated heterocycles. The van der Waals surface area contributed by atoms with Crippen LogP contribution in [-0.2, 0) is 0 Å². The van der Waals surface area contributed by atoms with E-state index >= 15 is 0 Å². The number of benzene rings is 1. The summed E-state index contributed by atoms with van der Waals surface area (Å²) in [7, 11) is 0. The Hall–Kier alpha value is -1.02. The van der Waals surface area contributed by atoms with Gasteiger partial charge in [0.15, 0.2) is 0 Å². The molecular weight excluding hydrogens is 256 g/mol. The Morgan fingerprint density at radius 3 is 2.71 bits per heavy atom. The molecule has 0 spiro atoms. The summed E-state index contributed by atoms with van der Waals surface area (Å²) in [5.74, 6) is 1.34. The highest BCUT2D eigenvalue weighted by atomic mass is 15.1. The smallest absolute Gasteiger partial charge is 0.0377 e. The number of nitrogens with one attached hydrogen (secondary N) is 1. The Labute approximate surface area is 130 Å². The first-order valence-corrected chi connectivity index (χ1v) is 8.69. The maximum absolute atomic E-state index is 3.80. The Kier molecular flexibility index (Phi) is 6.10. The Morgan fingerprint density at radius 2 is 2.00 bits per heavy atom. The number of anilines is 1. The van der Waals surface area contributed by atoms with Crippen LogP contribution in [0.4, 0.5) is 5.69 Å². The molecule has 2 unspecified atom stereocenters. The summed E-state index contributed by atoms with van der Waals surface area (Å²) in [6.45, 7) is 13.0. The topological polar surface area (TPSA) is 15.3 Å². The molecule has 1 aromatic rings. The number of hydrogen-bond acceptors (Lipinski definition) is 2. The zero-order chi connectivity index (χ0) is 15.2. The number of hydrogen-bond donors (Lipinski definition) is 1. The molecule has 2 atom stereocenters. The summed E-state index contributed by atoms with van der Waals surface area (Å²) in [6.07, 6.45) is 3.98. The zero-order valence-electron chi connectivity index (χ0n) is 14.2. The van der Waals surface area contributed by atoms with Crippen molar-refractivity contribution in [3.63, 3.8) is 0 Å². The predicted octanol–water partition coefficient (Wildman–Crippen LogP) is 4.73. The third kappa shape index (κ3) is 4.47. The van der Waals surface area contributed by atoms with Gasteiger partial charge in [0.1, 0.15) is 0 Å². The van der Waals surface area contributed by atoms with Crippen LogP contribution in [0.5, 0.6) is 0 Å². The highest BCUT2D eigenvalue weighted by molar-refractivity contribution is 5.53. The van der Waals surface area contributed by atoms with Crippen molar-refractivity contribution in [3.05, 3.63) is 29.8 Å². The molecule has 1 fully saturated rings. The van der Waals surface area contributed by atoms with E-state index in [1.807, 2.05) is 0 Å². The van der Waals surface area contributed by atoms with Crippen molar-refractivity contribution in [2.24, 2.45) is 5.92 Å². The number of nitrogens with zero attached hydrogens (tertiary/aromatic N) is 1. The molecule has 0 bridgehead atoms. The van der Waals surface area contributed by atoms with E-state index < -0.39 is 0 Å². The van der Waals surface area contributed by atoms with E-state index in [9.17, 15) is 0 Å². The van der Waals surface area contributed by atoms with Crippen LogP contribution in [0.2, 0.25) is 0 Å². The van der Waals surface area contributed by atoms with E-state index in [0.29, 0.717) is 12.0 Å². The molecule has 21 heavy (non-hydrogen) atoms. The molecule has 1 N–H and O–H groups in total. The van der Waals surface area contributed by atoms with Gasteiger partial charge in [-0.05, 0) is 62.7 Å². The molecule has 0 amide bonds. The summed E-state index contributed by atoms with van der Waals surface area (Å²) in [6, 6.07) is 9.33. The molecule has 1 aliphatic rings. The zero-order valence-corrected chi connectivity index (χ0v) is 14.2. The first kappa shape index (κ1) is 16.4. The fourth-order valence-electron chi connectivity index (χ4n) is 3.51. The van der Waals surface area contributed by atoms with Crippen LogP contribution in [0.25, 0.3) is 0 Å². The lowest BCUT2D eigenvalue weighted by Gasteiger charge is -2.36. The van der Waals surface area contributed by atoms with E-state index in [4.69, 9.17) is 0 Å². The molecular formula is C19H32N2. The fourth-order valence-corrected chi connectivity index (χ4v) is 3.51. The van der Waals surface area contributed by atoms with Crippen LogP contribution in [0.1, 0.15) is 58.4 Å². The molecule has 118 valence electrons. The van der Waals surface area contributed by atoms with Crippen molar-refractivity contribution in [1.29, 1.82) is 0 Å². The van der Waals surface area contributed by atoms with Gasteiger partial charge in [0.25, 0.3) is 0 Å². The molecule has 0 aromatic heterocycles. The Balaban J connectivity index is 1.99. The van der Waals surface area contributed by atoms with Crippen LogP contribution in [0.3, 0.4) is 0 Å². The SMILES string of the molecule is CCCN1CCCC(C(C)Nc2ccccc2C(C)C)C1. The largest absolute Gasteiger partial charge is 0.382 e. The number of piperidine rings is 1. The number of rotatable bonds is 6. The van der Waals surface area contributed by atoms with Crippen LogP contribution < -0.4 is 5.32 Å². The third-order valence-corrected chi connectivity index (χ3v) is 4.75. The van der Waals surface area contributed by atoms with E-state index in [-0.39, 0.29) is 0 Å². The van der Waals surface area contributed by atoms with Crippen molar-refractivity contribution in [2.75, 3.05) is 25.0 Å². The first-order valence-electron chi connectivity index (χ1n) is 8.69. The Bertz CT molecular complexity index is 425. The second kappa shape index (κ2) is 7.84. The van der Waals surface area contributed by atoms with Crippen LogP contribution in [0, 0.1) is 5.92 Å². The summed E-state index contributed by atoms with van der Waals surface area (Å²) >= 11 is 0. The van der Waals surface area contributed by atoms with Gasteiger partial charge >= 0.3 is 0 Å². The lowest BCUT2D eigenvalue weighted by Crippen LogP contribution is -2.42. The van der Waals surface area contributed by atoms with E-state index in [1.165, 1.54) is 50.1 Å². The van der Waals surface area contributed by atoms with Crippen LogP contribution in [-0.4, -0.2) is 30.6 Å². The molecule has 0 aliphatic carbocycles. The van der Waals surface area contributed by atoms with Gasteiger partial charge < -0.3 is 10.2 Å². The maximum atomic E-state index is 3.80. The molecule has 0 saturated carbocycles. The third-order valence-electron chi connectivity index (χ3n) is 4.75. The average molecular weight is 288 g/mol. The van der Waals surface area contributed by atoms with Gasteiger partial charge in [0.2, 0.25) is 0 Å². The van der Waals surface area contributed by atoms with Crippen molar-refractivity contribution < 1.29 is 0 Å². The summed E-state index contributed by atoms with van der Waals surface area (Å²) in [5.41, 5.74) is 2.76. The van der Waals surface area contributed by atoms with E-state index in [0.717, 1.165) is 5.92 Å². The molecule has 2 nitrogen and oxygen atoms in total. The van der Waals surface area contributed by atoms with Gasteiger partial charge in [-0.1, -0.05) is 39.0 Å². The number of likely N-dealkylation sites (tertiary alicyclic amines) is 1. The minimum atomic E-state index is 0.546. The van der Waals surface area contributed by atoms with Gasteiger partial charge in [-0.3, -0.25) is 0 Å². The highest BCUT2D eigenvalue weighted by Gasteiger charge is 2.24. The predicted molar refractivity (Wildman–Crippen MR) is 93.1 cm³/mol. The summed E-state index contributed by atoms with van der Waals surface area (Å²) in [5, 5.41) is 3.80. The lowest BCUT2D eigenvalue weighted by molar-refractivity contribution is 0.165. The molecule has 1 aliphatic heterocycles. The van der Waals surface area contributed by atoms with Crippen LogP contribution >= 0.6 is 0 Å². The second-order valence-corrected chi connectivity index (χ2v) is 6.88. The number of para-hydroxylation sites is 1. The van der Waals surface area contributed by atoms with Gasteiger partial charge in [-0.15, -0.1) is 0 Å². The van der Waals surface area contributed by atoms with Crippen LogP contribution in [0.15, 0.2) is 24.3 Å². The van der Waals surface area contributed by atoms with Gasteiger partial charge in [-0.25, -0.2) is 0 Å². The van der Waals surface area contributed by atoms with Crippen molar-refractivity contribution >= 4 is 5.69 Å². The van der Waals surface area contributed by atoms with Crippen molar-refractivity contribution in [3.8, 4) is 0 Å². The summed E-state index contributed by atoms with van der Waals surface area (Å²) < 4.78 is 0.